The molecule has 1 saturated carbocycles. The van der Waals surface area contributed by atoms with Gasteiger partial charge in [0.25, 0.3) is 5.69 Å². The molecule has 0 saturated heterocycles. The van der Waals surface area contributed by atoms with Crippen LogP contribution in [0.2, 0.25) is 0 Å². The maximum atomic E-state index is 11.0. The highest BCUT2D eigenvalue weighted by molar-refractivity contribution is 5.70. The molecule has 1 aliphatic carbocycles. The highest BCUT2D eigenvalue weighted by Gasteiger charge is 2.27. The number of nitro groups is 1. The zero-order valence-electron chi connectivity index (χ0n) is 10.3. The van der Waals surface area contributed by atoms with E-state index in [2.05, 4.69) is 10.3 Å². The van der Waals surface area contributed by atoms with Gasteiger partial charge in [0, 0.05) is 12.1 Å². The Labute approximate surface area is 109 Å². The van der Waals surface area contributed by atoms with Crippen molar-refractivity contribution in [2.45, 2.75) is 31.7 Å². The fourth-order valence-electron chi connectivity index (χ4n) is 2.33. The molecule has 0 aliphatic heterocycles. The van der Waals surface area contributed by atoms with Crippen LogP contribution in [0.4, 0.5) is 11.5 Å². The van der Waals surface area contributed by atoms with Gasteiger partial charge in [-0.1, -0.05) is 6.42 Å². The summed E-state index contributed by atoms with van der Waals surface area (Å²) in [5, 5.41) is 22.6. The summed E-state index contributed by atoms with van der Waals surface area (Å²) >= 11 is 0. The first-order valence-electron chi connectivity index (χ1n) is 6.16. The van der Waals surface area contributed by atoms with Crippen molar-refractivity contribution in [2.75, 3.05) is 5.32 Å². The third-order valence-electron chi connectivity index (χ3n) is 3.33. The molecule has 0 amide bonds. The van der Waals surface area contributed by atoms with Crippen LogP contribution in [0.5, 0.6) is 0 Å². The molecule has 1 heterocycles. The number of pyridine rings is 1. The highest BCUT2D eigenvalue weighted by Crippen LogP contribution is 2.26. The molecule has 2 N–H and O–H groups in total. The van der Waals surface area contributed by atoms with Gasteiger partial charge in [-0.15, -0.1) is 0 Å². The maximum Gasteiger partial charge on any atom is 0.306 e. The first-order chi connectivity index (χ1) is 9.06. The van der Waals surface area contributed by atoms with Crippen LogP contribution in [-0.4, -0.2) is 27.0 Å². The molecule has 0 bridgehead atoms. The number of rotatable bonds is 4. The number of nitrogens with zero attached hydrogens (tertiary/aromatic N) is 2. The van der Waals surface area contributed by atoms with Crippen LogP contribution in [0.3, 0.4) is 0 Å². The van der Waals surface area contributed by atoms with Crippen molar-refractivity contribution in [2.24, 2.45) is 5.92 Å². The smallest absolute Gasteiger partial charge is 0.306 e. The van der Waals surface area contributed by atoms with Crippen LogP contribution in [0, 0.1) is 16.0 Å². The lowest BCUT2D eigenvalue weighted by atomic mass is 9.86. The van der Waals surface area contributed by atoms with E-state index in [1.54, 1.807) is 6.07 Å². The molecule has 2 rings (SSSR count). The first kappa shape index (κ1) is 13.3. The number of hydrogen-bond donors (Lipinski definition) is 2. The Morgan fingerprint density at radius 1 is 1.47 bits per heavy atom. The van der Waals surface area contributed by atoms with Gasteiger partial charge >= 0.3 is 5.97 Å². The van der Waals surface area contributed by atoms with E-state index < -0.39 is 10.9 Å². The quantitative estimate of drug-likeness (QED) is 0.637. The van der Waals surface area contributed by atoms with Crippen molar-refractivity contribution < 1.29 is 14.8 Å². The van der Waals surface area contributed by atoms with Gasteiger partial charge in [0.1, 0.15) is 12.0 Å². The number of aliphatic carboxylic acids is 1. The zero-order chi connectivity index (χ0) is 13.8. The van der Waals surface area contributed by atoms with Crippen molar-refractivity contribution in [1.82, 2.24) is 4.98 Å². The zero-order valence-corrected chi connectivity index (χ0v) is 10.3. The van der Waals surface area contributed by atoms with Crippen molar-refractivity contribution in [3.8, 4) is 0 Å². The number of anilines is 1. The predicted molar refractivity (Wildman–Crippen MR) is 67.9 cm³/mol. The third-order valence-corrected chi connectivity index (χ3v) is 3.33. The summed E-state index contributed by atoms with van der Waals surface area (Å²) in [6, 6.07) is 2.99. The summed E-state index contributed by atoms with van der Waals surface area (Å²) in [6.07, 6.45) is 4.22. The number of nitrogens with one attached hydrogen (secondary N) is 1. The Bertz CT molecular complexity index is 474. The monoisotopic (exact) mass is 265 g/mol. The molecule has 2 unspecified atom stereocenters. The second kappa shape index (κ2) is 5.64. The van der Waals surface area contributed by atoms with E-state index in [0.29, 0.717) is 18.7 Å². The molecule has 1 aromatic rings. The van der Waals surface area contributed by atoms with Gasteiger partial charge in [-0.25, -0.2) is 4.98 Å². The molecule has 7 heteroatoms. The number of carboxylic acids is 1. The molecular weight excluding hydrogens is 250 g/mol. The van der Waals surface area contributed by atoms with Gasteiger partial charge in [-0.05, 0) is 25.3 Å². The molecule has 19 heavy (non-hydrogen) atoms. The fraction of sp³-hybridized carbons (Fsp3) is 0.500. The van der Waals surface area contributed by atoms with E-state index in [-0.39, 0.29) is 17.6 Å². The maximum absolute atomic E-state index is 11.0. The molecule has 7 nitrogen and oxygen atoms in total. The molecular formula is C12H15N3O4. The summed E-state index contributed by atoms with van der Waals surface area (Å²) in [5.41, 5.74) is -0.0578. The summed E-state index contributed by atoms with van der Waals surface area (Å²) in [5.74, 6) is -0.533. The molecule has 2 atom stereocenters. The van der Waals surface area contributed by atoms with Crippen LogP contribution in [0.1, 0.15) is 25.7 Å². The predicted octanol–water partition coefficient (Wildman–Crippen LogP) is 2.05. The highest BCUT2D eigenvalue weighted by atomic mass is 16.6. The van der Waals surface area contributed by atoms with E-state index in [1.165, 1.54) is 12.3 Å². The summed E-state index contributed by atoms with van der Waals surface area (Å²) < 4.78 is 0. The van der Waals surface area contributed by atoms with E-state index in [4.69, 9.17) is 5.11 Å². The summed E-state index contributed by atoms with van der Waals surface area (Å²) in [6.45, 7) is 0. The Balaban J connectivity index is 1.96. The minimum Gasteiger partial charge on any atom is -0.481 e. The van der Waals surface area contributed by atoms with Crippen LogP contribution >= 0.6 is 0 Å². The van der Waals surface area contributed by atoms with E-state index >= 15 is 0 Å². The van der Waals surface area contributed by atoms with E-state index in [0.717, 1.165) is 12.8 Å². The minimum atomic E-state index is -0.761. The molecule has 1 aromatic heterocycles. The van der Waals surface area contributed by atoms with Crippen molar-refractivity contribution in [3.05, 3.63) is 28.4 Å². The van der Waals surface area contributed by atoms with Gasteiger partial charge in [-0.3, -0.25) is 14.9 Å². The number of aromatic nitrogens is 1. The van der Waals surface area contributed by atoms with Crippen molar-refractivity contribution in [3.63, 3.8) is 0 Å². The largest absolute Gasteiger partial charge is 0.481 e. The standard InChI is InChI=1S/C12H15N3O4/c16-12(17)8-2-1-3-9(6-8)14-11-5-4-10(7-13-11)15(18)19/h4-5,7-9H,1-3,6H2,(H,13,14)(H,16,17). The first-order valence-corrected chi connectivity index (χ1v) is 6.16. The summed E-state index contributed by atoms with van der Waals surface area (Å²) in [4.78, 5) is 24.9. The molecule has 102 valence electrons. The average molecular weight is 265 g/mol. The van der Waals surface area contributed by atoms with Crippen molar-refractivity contribution >= 4 is 17.5 Å². The Hall–Kier alpha value is -2.18. The molecule has 1 aliphatic rings. The lowest BCUT2D eigenvalue weighted by Crippen LogP contribution is -2.31. The fourth-order valence-corrected chi connectivity index (χ4v) is 2.33. The normalized spacial score (nSPS) is 22.7. The lowest BCUT2D eigenvalue weighted by molar-refractivity contribution is -0.385. The van der Waals surface area contributed by atoms with Gasteiger partial charge in [-0.2, -0.15) is 0 Å². The Kier molecular flexibility index (Phi) is 3.94. The second-order valence-corrected chi connectivity index (χ2v) is 4.70. The number of hydrogen-bond acceptors (Lipinski definition) is 5. The topological polar surface area (TPSA) is 105 Å². The van der Waals surface area contributed by atoms with Crippen LogP contribution in [-0.2, 0) is 4.79 Å². The van der Waals surface area contributed by atoms with Gasteiger partial charge in [0.05, 0.1) is 10.8 Å². The van der Waals surface area contributed by atoms with Crippen LogP contribution < -0.4 is 5.32 Å². The molecule has 0 radical (unpaired) electrons. The second-order valence-electron chi connectivity index (χ2n) is 4.70. The lowest BCUT2D eigenvalue weighted by Gasteiger charge is -2.27. The van der Waals surface area contributed by atoms with E-state index in [1.807, 2.05) is 0 Å². The Morgan fingerprint density at radius 2 is 2.26 bits per heavy atom. The van der Waals surface area contributed by atoms with E-state index in [9.17, 15) is 14.9 Å². The Morgan fingerprint density at radius 3 is 2.84 bits per heavy atom. The van der Waals surface area contributed by atoms with Gasteiger partial charge in [0.15, 0.2) is 0 Å². The minimum absolute atomic E-state index is 0.0578. The molecule has 0 spiro atoms. The number of carbonyl (C=O) groups is 1. The summed E-state index contributed by atoms with van der Waals surface area (Å²) in [7, 11) is 0. The SMILES string of the molecule is O=C(O)C1CCCC(Nc2ccc([N+](=O)[O-])cn2)C1. The molecule has 1 fully saturated rings. The van der Waals surface area contributed by atoms with Crippen LogP contribution in [0.15, 0.2) is 18.3 Å². The van der Waals surface area contributed by atoms with Gasteiger partial charge in [0.2, 0.25) is 0 Å². The average Bonchev–Trinajstić information content (AvgIpc) is 2.39. The van der Waals surface area contributed by atoms with Gasteiger partial charge < -0.3 is 10.4 Å². The molecule has 0 aromatic carbocycles. The number of carboxylic acid groups (broad SMARTS) is 1. The van der Waals surface area contributed by atoms with Crippen LogP contribution in [0.25, 0.3) is 0 Å². The third kappa shape index (κ3) is 3.40. The van der Waals surface area contributed by atoms with Crippen molar-refractivity contribution in [1.29, 1.82) is 0 Å².